The molecule has 2 nitrogen and oxygen atoms in total. The van der Waals surface area contributed by atoms with Crippen molar-refractivity contribution in [3.8, 4) is 0 Å². The summed E-state index contributed by atoms with van der Waals surface area (Å²) in [5.41, 5.74) is 1.13. The second-order valence-corrected chi connectivity index (χ2v) is 7.12. The third-order valence-corrected chi connectivity index (χ3v) is 4.95. The molecule has 1 aliphatic heterocycles. The summed E-state index contributed by atoms with van der Waals surface area (Å²) in [6.07, 6.45) is 1.17. The zero-order chi connectivity index (χ0) is 12.5. The molecular formula is C14H16N2S2. The van der Waals surface area contributed by atoms with Crippen molar-refractivity contribution >= 4 is 44.0 Å². The number of thioether (sulfide) groups is 1. The van der Waals surface area contributed by atoms with E-state index in [0.29, 0.717) is 11.3 Å². The van der Waals surface area contributed by atoms with Gasteiger partial charge in [-0.05, 0) is 48.4 Å². The standard InChI is InChI=1S/C14H16N2S2/c1-9-7-10(2)18-14(15-9)16-12-3-4-13-11(8-12)5-6-17-13/h3-6,8-10H,7H2,1-2H3,(H,15,16). The Morgan fingerprint density at radius 2 is 2.17 bits per heavy atom. The van der Waals surface area contributed by atoms with Gasteiger partial charge in [0, 0.05) is 15.6 Å². The molecule has 0 saturated heterocycles. The molecule has 1 N–H and O–H groups in total. The first kappa shape index (κ1) is 12.1. The first-order valence-electron chi connectivity index (χ1n) is 6.19. The van der Waals surface area contributed by atoms with E-state index in [-0.39, 0.29) is 0 Å². The predicted molar refractivity (Wildman–Crippen MR) is 84.0 cm³/mol. The van der Waals surface area contributed by atoms with Crippen molar-refractivity contribution in [3.05, 3.63) is 29.6 Å². The van der Waals surface area contributed by atoms with Crippen LogP contribution in [0.15, 0.2) is 34.6 Å². The number of aliphatic imine (C=N–C) groups is 1. The van der Waals surface area contributed by atoms with Crippen molar-refractivity contribution in [1.29, 1.82) is 0 Å². The van der Waals surface area contributed by atoms with E-state index in [4.69, 9.17) is 0 Å². The molecule has 4 heteroatoms. The summed E-state index contributed by atoms with van der Waals surface area (Å²) in [5.74, 6) is 0. The Hall–Kier alpha value is -1.00. The molecule has 2 unspecified atom stereocenters. The van der Waals surface area contributed by atoms with E-state index in [2.05, 4.69) is 53.8 Å². The smallest absolute Gasteiger partial charge is 0.161 e. The van der Waals surface area contributed by atoms with Crippen LogP contribution in [0.5, 0.6) is 0 Å². The van der Waals surface area contributed by atoms with Gasteiger partial charge in [-0.15, -0.1) is 11.3 Å². The van der Waals surface area contributed by atoms with Crippen LogP contribution in [0.2, 0.25) is 0 Å². The van der Waals surface area contributed by atoms with E-state index in [1.54, 1.807) is 11.3 Å². The van der Waals surface area contributed by atoms with Crippen LogP contribution in [0.3, 0.4) is 0 Å². The summed E-state index contributed by atoms with van der Waals surface area (Å²) in [7, 11) is 0. The molecule has 0 aliphatic carbocycles. The van der Waals surface area contributed by atoms with E-state index >= 15 is 0 Å². The van der Waals surface area contributed by atoms with Crippen LogP contribution in [0.25, 0.3) is 10.1 Å². The molecule has 18 heavy (non-hydrogen) atoms. The SMILES string of the molecule is CC1CC(C)SC(Nc2ccc3sccc3c2)=N1. The summed E-state index contributed by atoms with van der Waals surface area (Å²) in [5, 5.41) is 8.57. The van der Waals surface area contributed by atoms with Gasteiger partial charge in [-0.1, -0.05) is 18.7 Å². The lowest BCUT2D eigenvalue weighted by Crippen LogP contribution is -2.22. The molecule has 2 heterocycles. The predicted octanol–water partition coefficient (Wildman–Crippen LogP) is 4.58. The van der Waals surface area contributed by atoms with Gasteiger partial charge in [-0.2, -0.15) is 0 Å². The average molecular weight is 276 g/mol. The molecule has 1 aromatic heterocycles. The van der Waals surface area contributed by atoms with Gasteiger partial charge in [0.2, 0.25) is 0 Å². The largest absolute Gasteiger partial charge is 0.335 e. The maximum Gasteiger partial charge on any atom is 0.161 e. The fraction of sp³-hybridized carbons (Fsp3) is 0.357. The lowest BCUT2D eigenvalue weighted by Gasteiger charge is -2.23. The number of fused-ring (bicyclic) bond motifs is 1. The van der Waals surface area contributed by atoms with Crippen LogP contribution in [0, 0.1) is 0 Å². The molecule has 2 aromatic rings. The lowest BCUT2D eigenvalue weighted by molar-refractivity contribution is 0.661. The number of nitrogens with one attached hydrogen (secondary N) is 1. The maximum absolute atomic E-state index is 4.67. The molecule has 1 aliphatic rings. The molecule has 0 bridgehead atoms. The summed E-state index contributed by atoms with van der Waals surface area (Å²) in [6.45, 7) is 4.44. The summed E-state index contributed by atoms with van der Waals surface area (Å²) in [4.78, 5) is 4.67. The van der Waals surface area contributed by atoms with Crippen LogP contribution in [0.4, 0.5) is 5.69 Å². The highest BCUT2D eigenvalue weighted by molar-refractivity contribution is 8.14. The number of amidine groups is 1. The number of thiophene rings is 1. The minimum absolute atomic E-state index is 0.425. The van der Waals surface area contributed by atoms with Crippen LogP contribution < -0.4 is 5.32 Å². The minimum atomic E-state index is 0.425. The molecule has 2 atom stereocenters. The zero-order valence-electron chi connectivity index (χ0n) is 10.5. The molecule has 0 spiro atoms. The van der Waals surface area contributed by atoms with Crippen LogP contribution in [-0.4, -0.2) is 16.5 Å². The van der Waals surface area contributed by atoms with Gasteiger partial charge in [0.1, 0.15) is 0 Å². The van der Waals surface area contributed by atoms with Crippen molar-refractivity contribution in [2.75, 3.05) is 5.32 Å². The van der Waals surface area contributed by atoms with Gasteiger partial charge in [0.15, 0.2) is 5.17 Å². The molecule has 1 aromatic carbocycles. The number of nitrogens with zero attached hydrogens (tertiary/aromatic N) is 1. The molecule has 0 saturated carbocycles. The van der Waals surface area contributed by atoms with E-state index in [1.807, 2.05) is 11.8 Å². The first-order chi connectivity index (χ1) is 8.70. The monoisotopic (exact) mass is 276 g/mol. The number of hydrogen-bond donors (Lipinski definition) is 1. The summed E-state index contributed by atoms with van der Waals surface area (Å²) in [6, 6.07) is 9.08. The summed E-state index contributed by atoms with van der Waals surface area (Å²) < 4.78 is 1.33. The van der Waals surface area contributed by atoms with E-state index in [9.17, 15) is 0 Å². The molecular weight excluding hydrogens is 260 g/mol. The molecule has 0 fully saturated rings. The number of hydrogen-bond acceptors (Lipinski definition) is 4. The van der Waals surface area contributed by atoms with Crippen molar-refractivity contribution in [2.45, 2.75) is 31.6 Å². The fourth-order valence-corrected chi connectivity index (χ4v) is 4.18. The maximum atomic E-state index is 4.67. The van der Waals surface area contributed by atoms with Crippen LogP contribution >= 0.6 is 23.1 Å². The zero-order valence-corrected chi connectivity index (χ0v) is 12.1. The third kappa shape index (κ3) is 2.54. The van der Waals surface area contributed by atoms with E-state index in [1.165, 1.54) is 16.5 Å². The Bertz CT molecular complexity index is 588. The van der Waals surface area contributed by atoms with Crippen molar-refractivity contribution in [2.24, 2.45) is 4.99 Å². The van der Waals surface area contributed by atoms with Crippen molar-refractivity contribution in [1.82, 2.24) is 0 Å². The number of rotatable bonds is 1. The topological polar surface area (TPSA) is 24.4 Å². The Balaban J connectivity index is 1.83. The molecule has 0 radical (unpaired) electrons. The van der Waals surface area contributed by atoms with Gasteiger partial charge in [-0.25, -0.2) is 0 Å². The van der Waals surface area contributed by atoms with Crippen LogP contribution in [-0.2, 0) is 0 Å². The highest BCUT2D eigenvalue weighted by Crippen LogP contribution is 2.28. The first-order valence-corrected chi connectivity index (χ1v) is 7.95. The van der Waals surface area contributed by atoms with Gasteiger partial charge in [0.25, 0.3) is 0 Å². The van der Waals surface area contributed by atoms with E-state index in [0.717, 1.165) is 10.9 Å². The highest BCUT2D eigenvalue weighted by atomic mass is 32.2. The minimum Gasteiger partial charge on any atom is -0.335 e. The van der Waals surface area contributed by atoms with Gasteiger partial charge in [-0.3, -0.25) is 4.99 Å². The third-order valence-electron chi connectivity index (χ3n) is 3.03. The number of anilines is 1. The quantitative estimate of drug-likeness (QED) is 0.824. The summed E-state index contributed by atoms with van der Waals surface area (Å²) >= 11 is 3.61. The fourth-order valence-electron chi connectivity index (χ4n) is 2.23. The Morgan fingerprint density at radius 3 is 3.00 bits per heavy atom. The molecule has 3 rings (SSSR count). The van der Waals surface area contributed by atoms with Crippen LogP contribution in [0.1, 0.15) is 20.3 Å². The van der Waals surface area contributed by atoms with Gasteiger partial charge in [0.05, 0.1) is 6.04 Å². The van der Waals surface area contributed by atoms with Gasteiger partial charge >= 0.3 is 0 Å². The second kappa shape index (κ2) is 4.94. The normalized spacial score (nSPS) is 24.0. The Labute approximate surface area is 116 Å². The van der Waals surface area contributed by atoms with Crippen molar-refractivity contribution < 1.29 is 0 Å². The lowest BCUT2D eigenvalue weighted by atomic mass is 10.2. The van der Waals surface area contributed by atoms with Crippen molar-refractivity contribution in [3.63, 3.8) is 0 Å². The molecule has 94 valence electrons. The van der Waals surface area contributed by atoms with Gasteiger partial charge < -0.3 is 5.32 Å². The Morgan fingerprint density at radius 1 is 1.28 bits per heavy atom. The number of benzene rings is 1. The molecule has 0 amide bonds. The highest BCUT2D eigenvalue weighted by Gasteiger charge is 2.18. The average Bonchev–Trinajstić information content (AvgIpc) is 2.74. The van der Waals surface area contributed by atoms with E-state index < -0.39 is 0 Å². The Kier molecular flexibility index (Phi) is 3.31. The second-order valence-electron chi connectivity index (χ2n) is 4.75.